The summed E-state index contributed by atoms with van der Waals surface area (Å²) in [6, 6.07) is 0.614. The van der Waals surface area contributed by atoms with E-state index in [0.717, 1.165) is 18.8 Å². The Morgan fingerprint density at radius 2 is 2.00 bits per heavy atom. The number of rotatable bonds is 5. The van der Waals surface area contributed by atoms with Crippen molar-refractivity contribution in [3.8, 4) is 0 Å². The average molecular weight is 181 g/mol. The molecule has 0 bridgehead atoms. The monoisotopic (exact) mass is 181 g/mol. The highest BCUT2D eigenvalue weighted by molar-refractivity contribution is 5.84. The van der Waals surface area contributed by atoms with E-state index in [0.29, 0.717) is 24.3 Å². The lowest BCUT2D eigenvalue weighted by Crippen LogP contribution is -2.35. The Morgan fingerprint density at radius 3 is 2.46 bits per heavy atom. The van der Waals surface area contributed by atoms with Crippen LogP contribution >= 0.6 is 0 Å². The van der Waals surface area contributed by atoms with Crippen molar-refractivity contribution in [3.05, 3.63) is 0 Å². The molecule has 0 aromatic rings. The maximum Gasteiger partial charge on any atom is 0.149 e. The molecule has 2 aliphatic rings. The van der Waals surface area contributed by atoms with Gasteiger partial charge in [-0.25, -0.2) is 0 Å². The second-order valence-corrected chi connectivity index (χ2v) is 4.73. The van der Waals surface area contributed by atoms with E-state index in [1.54, 1.807) is 0 Å². The summed E-state index contributed by atoms with van der Waals surface area (Å²) >= 11 is 0. The van der Waals surface area contributed by atoms with Crippen molar-refractivity contribution in [1.29, 1.82) is 0 Å². The number of carbonyl (C=O) groups is 1. The second-order valence-electron chi connectivity index (χ2n) is 4.73. The SMILES string of the molecule is CC(C1CC1)N(C)CC(=O)C1CC1. The van der Waals surface area contributed by atoms with Gasteiger partial charge in [-0.1, -0.05) is 0 Å². The molecule has 0 aromatic carbocycles. The summed E-state index contributed by atoms with van der Waals surface area (Å²) in [5.74, 6) is 1.76. The van der Waals surface area contributed by atoms with Crippen LogP contribution in [0.4, 0.5) is 0 Å². The number of nitrogens with zero attached hydrogens (tertiary/aromatic N) is 1. The molecule has 2 heteroatoms. The van der Waals surface area contributed by atoms with Crippen molar-refractivity contribution < 1.29 is 4.79 Å². The summed E-state index contributed by atoms with van der Waals surface area (Å²) in [7, 11) is 2.09. The van der Waals surface area contributed by atoms with Gasteiger partial charge in [-0.05, 0) is 45.6 Å². The molecule has 74 valence electrons. The van der Waals surface area contributed by atoms with Gasteiger partial charge in [-0.15, -0.1) is 0 Å². The van der Waals surface area contributed by atoms with Gasteiger partial charge in [0.2, 0.25) is 0 Å². The molecular formula is C11H19NO. The van der Waals surface area contributed by atoms with Crippen molar-refractivity contribution in [3.63, 3.8) is 0 Å². The molecule has 13 heavy (non-hydrogen) atoms. The maximum absolute atomic E-state index is 11.5. The molecule has 0 spiro atoms. The van der Waals surface area contributed by atoms with E-state index in [1.807, 2.05) is 0 Å². The van der Waals surface area contributed by atoms with E-state index >= 15 is 0 Å². The second kappa shape index (κ2) is 3.41. The minimum Gasteiger partial charge on any atom is -0.298 e. The van der Waals surface area contributed by atoms with Crippen LogP contribution in [0.3, 0.4) is 0 Å². The van der Waals surface area contributed by atoms with E-state index in [9.17, 15) is 4.79 Å². The molecule has 2 nitrogen and oxygen atoms in total. The first-order valence-electron chi connectivity index (χ1n) is 5.41. The molecule has 0 aromatic heterocycles. The zero-order valence-electron chi connectivity index (χ0n) is 8.62. The molecule has 0 aliphatic heterocycles. The van der Waals surface area contributed by atoms with E-state index in [2.05, 4.69) is 18.9 Å². The van der Waals surface area contributed by atoms with E-state index in [-0.39, 0.29) is 0 Å². The van der Waals surface area contributed by atoms with Crippen LogP contribution in [-0.2, 0) is 4.79 Å². The van der Waals surface area contributed by atoms with Crippen molar-refractivity contribution in [2.45, 2.75) is 38.6 Å². The first-order chi connectivity index (χ1) is 6.18. The fourth-order valence-corrected chi connectivity index (χ4v) is 1.86. The van der Waals surface area contributed by atoms with Crippen LogP contribution in [0.15, 0.2) is 0 Å². The van der Waals surface area contributed by atoms with Crippen molar-refractivity contribution in [1.82, 2.24) is 4.90 Å². The number of carbonyl (C=O) groups excluding carboxylic acids is 1. The molecule has 2 fully saturated rings. The summed E-state index contributed by atoms with van der Waals surface area (Å²) in [4.78, 5) is 13.8. The molecule has 2 aliphatic carbocycles. The molecule has 1 atom stereocenters. The Balaban J connectivity index is 1.75. The number of hydrogen-bond donors (Lipinski definition) is 0. The predicted octanol–water partition coefficient (Wildman–Crippen LogP) is 1.70. The van der Waals surface area contributed by atoms with Crippen LogP contribution in [-0.4, -0.2) is 30.3 Å². The van der Waals surface area contributed by atoms with E-state index in [1.165, 1.54) is 12.8 Å². The fraction of sp³-hybridized carbons (Fsp3) is 0.909. The van der Waals surface area contributed by atoms with Crippen molar-refractivity contribution in [2.24, 2.45) is 11.8 Å². The molecule has 0 radical (unpaired) electrons. The van der Waals surface area contributed by atoms with Gasteiger partial charge in [-0.2, -0.15) is 0 Å². The molecule has 1 unspecified atom stereocenters. The first kappa shape index (κ1) is 9.20. The zero-order valence-corrected chi connectivity index (χ0v) is 8.62. The van der Waals surface area contributed by atoms with Crippen molar-refractivity contribution in [2.75, 3.05) is 13.6 Å². The molecule has 0 saturated heterocycles. The normalized spacial score (nSPS) is 24.8. The molecule has 0 heterocycles. The van der Waals surface area contributed by atoms with Gasteiger partial charge in [0.15, 0.2) is 0 Å². The first-order valence-corrected chi connectivity index (χ1v) is 5.41. The largest absolute Gasteiger partial charge is 0.298 e. The van der Waals surface area contributed by atoms with Gasteiger partial charge in [-0.3, -0.25) is 9.69 Å². The van der Waals surface area contributed by atoms with Gasteiger partial charge < -0.3 is 0 Å². The van der Waals surface area contributed by atoms with Crippen molar-refractivity contribution >= 4 is 5.78 Å². The molecule has 0 N–H and O–H groups in total. The number of hydrogen-bond acceptors (Lipinski definition) is 2. The van der Waals surface area contributed by atoms with Crippen LogP contribution in [0.5, 0.6) is 0 Å². The average Bonchev–Trinajstić information content (AvgIpc) is 2.92. The van der Waals surface area contributed by atoms with Crippen LogP contribution in [0.1, 0.15) is 32.6 Å². The van der Waals surface area contributed by atoms with E-state index in [4.69, 9.17) is 0 Å². The number of likely N-dealkylation sites (N-methyl/N-ethyl adjacent to an activating group) is 1. The molecular weight excluding hydrogens is 162 g/mol. The van der Waals surface area contributed by atoms with Gasteiger partial charge in [0, 0.05) is 12.0 Å². The lowest BCUT2D eigenvalue weighted by atomic mass is 10.1. The number of ketones is 1. The maximum atomic E-state index is 11.5. The fourth-order valence-electron chi connectivity index (χ4n) is 1.86. The predicted molar refractivity (Wildman–Crippen MR) is 52.5 cm³/mol. The Hall–Kier alpha value is -0.370. The summed E-state index contributed by atoms with van der Waals surface area (Å²) in [6.07, 6.45) is 5.02. The Morgan fingerprint density at radius 1 is 1.38 bits per heavy atom. The van der Waals surface area contributed by atoms with Crippen LogP contribution in [0.25, 0.3) is 0 Å². The highest BCUT2D eigenvalue weighted by Crippen LogP contribution is 2.35. The summed E-state index contributed by atoms with van der Waals surface area (Å²) in [5, 5.41) is 0. The van der Waals surface area contributed by atoms with Crippen LogP contribution in [0, 0.1) is 11.8 Å². The third-order valence-corrected chi connectivity index (χ3v) is 3.44. The minimum absolute atomic E-state index is 0.425. The summed E-state index contributed by atoms with van der Waals surface area (Å²) in [5.41, 5.74) is 0. The van der Waals surface area contributed by atoms with Crippen LogP contribution in [0.2, 0.25) is 0 Å². The summed E-state index contributed by atoms with van der Waals surface area (Å²) < 4.78 is 0. The number of Topliss-reactive ketones (excluding diaryl/α,β-unsaturated/α-hetero) is 1. The Labute approximate surface area is 80.3 Å². The highest BCUT2D eigenvalue weighted by atomic mass is 16.1. The highest BCUT2D eigenvalue weighted by Gasteiger charge is 2.34. The smallest absolute Gasteiger partial charge is 0.149 e. The van der Waals surface area contributed by atoms with Gasteiger partial charge in [0.1, 0.15) is 5.78 Å². The van der Waals surface area contributed by atoms with Gasteiger partial charge in [0.05, 0.1) is 6.54 Å². The third kappa shape index (κ3) is 2.31. The Bertz CT molecular complexity index is 206. The molecule has 2 saturated carbocycles. The lowest BCUT2D eigenvalue weighted by Gasteiger charge is -2.23. The van der Waals surface area contributed by atoms with E-state index < -0.39 is 0 Å². The lowest BCUT2D eigenvalue weighted by molar-refractivity contribution is -0.121. The molecule has 2 rings (SSSR count). The minimum atomic E-state index is 0.425. The summed E-state index contributed by atoms with van der Waals surface area (Å²) in [6.45, 7) is 2.93. The third-order valence-electron chi connectivity index (χ3n) is 3.44. The van der Waals surface area contributed by atoms with Gasteiger partial charge in [0.25, 0.3) is 0 Å². The van der Waals surface area contributed by atoms with Gasteiger partial charge >= 0.3 is 0 Å². The van der Waals surface area contributed by atoms with Crippen LogP contribution < -0.4 is 0 Å². The quantitative estimate of drug-likeness (QED) is 0.643. The zero-order chi connectivity index (χ0) is 9.42. The standard InChI is InChI=1S/C11H19NO/c1-8(9-3-4-9)12(2)7-11(13)10-5-6-10/h8-10H,3-7H2,1-2H3. The Kier molecular flexibility index (Phi) is 2.41. The topological polar surface area (TPSA) is 20.3 Å². The molecule has 0 amide bonds.